The third kappa shape index (κ3) is 2.94. The van der Waals surface area contributed by atoms with Crippen LogP contribution in [0.5, 0.6) is 0 Å². The fourth-order valence-corrected chi connectivity index (χ4v) is 7.60. The summed E-state index contributed by atoms with van der Waals surface area (Å²) in [7, 11) is 0. The SMILES string of the molecule is CC(=O)O[C@H]1CC[C@@]2(C)C(=CCC3C2CC[C@]2(C)C(c4ccccc4)=CCC32)C1. The van der Waals surface area contributed by atoms with Crippen LogP contribution in [0.3, 0.4) is 0 Å². The van der Waals surface area contributed by atoms with E-state index in [0.717, 1.165) is 30.6 Å². The summed E-state index contributed by atoms with van der Waals surface area (Å²) in [5, 5.41) is 0. The van der Waals surface area contributed by atoms with Gasteiger partial charge in [-0.1, -0.05) is 61.9 Å². The highest BCUT2D eigenvalue weighted by Crippen LogP contribution is 2.66. The normalized spacial score (nSPS) is 40.8. The number of allylic oxidation sites excluding steroid dienone is 3. The number of carbonyl (C=O) groups excluding carboxylic acids is 1. The van der Waals surface area contributed by atoms with Crippen LogP contribution in [-0.2, 0) is 9.53 Å². The molecule has 0 aliphatic heterocycles. The van der Waals surface area contributed by atoms with Crippen molar-refractivity contribution in [2.75, 3.05) is 0 Å². The summed E-state index contributed by atoms with van der Waals surface area (Å²) >= 11 is 0. The van der Waals surface area contributed by atoms with Crippen molar-refractivity contribution in [1.82, 2.24) is 0 Å². The number of hydrogen-bond donors (Lipinski definition) is 0. The third-order valence-corrected chi connectivity index (χ3v) is 9.06. The second-order valence-corrected chi connectivity index (χ2v) is 10.4. The molecule has 3 unspecified atom stereocenters. The first-order valence-electron chi connectivity index (χ1n) is 11.5. The minimum atomic E-state index is -0.133. The highest BCUT2D eigenvalue weighted by atomic mass is 16.5. The van der Waals surface area contributed by atoms with E-state index < -0.39 is 0 Å². The second-order valence-electron chi connectivity index (χ2n) is 10.4. The molecule has 2 nitrogen and oxygen atoms in total. The molecule has 2 saturated carbocycles. The van der Waals surface area contributed by atoms with Gasteiger partial charge in [0.25, 0.3) is 0 Å². The summed E-state index contributed by atoms with van der Waals surface area (Å²) in [5.74, 6) is 2.19. The van der Waals surface area contributed by atoms with Gasteiger partial charge in [-0.05, 0) is 78.2 Å². The van der Waals surface area contributed by atoms with Gasteiger partial charge >= 0.3 is 5.97 Å². The third-order valence-electron chi connectivity index (χ3n) is 9.06. The van der Waals surface area contributed by atoms with Gasteiger partial charge in [0.2, 0.25) is 0 Å². The Kier molecular flexibility index (Phi) is 4.53. The Balaban J connectivity index is 1.41. The van der Waals surface area contributed by atoms with E-state index in [0.29, 0.717) is 10.8 Å². The van der Waals surface area contributed by atoms with E-state index in [1.165, 1.54) is 37.7 Å². The van der Waals surface area contributed by atoms with Crippen molar-refractivity contribution in [3.8, 4) is 0 Å². The summed E-state index contributed by atoms with van der Waals surface area (Å²) in [6.45, 7) is 6.60. The monoisotopic (exact) mass is 390 g/mol. The largest absolute Gasteiger partial charge is 0.462 e. The number of ether oxygens (including phenoxy) is 1. The molecule has 5 rings (SSSR count). The van der Waals surface area contributed by atoms with Gasteiger partial charge in [0.05, 0.1) is 0 Å². The Labute approximate surface area is 175 Å². The van der Waals surface area contributed by atoms with Crippen molar-refractivity contribution < 1.29 is 9.53 Å². The summed E-state index contributed by atoms with van der Waals surface area (Å²) in [4.78, 5) is 11.4. The van der Waals surface area contributed by atoms with Crippen molar-refractivity contribution in [2.45, 2.75) is 71.8 Å². The molecule has 4 aliphatic carbocycles. The van der Waals surface area contributed by atoms with E-state index in [1.54, 1.807) is 18.1 Å². The molecule has 0 aromatic heterocycles. The predicted molar refractivity (Wildman–Crippen MR) is 117 cm³/mol. The molecule has 0 radical (unpaired) electrons. The van der Waals surface area contributed by atoms with Crippen molar-refractivity contribution in [1.29, 1.82) is 0 Å². The van der Waals surface area contributed by atoms with Gasteiger partial charge in [-0.3, -0.25) is 4.79 Å². The smallest absolute Gasteiger partial charge is 0.302 e. The van der Waals surface area contributed by atoms with Crippen molar-refractivity contribution in [3.05, 3.63) is 53.6 Å². The average molecular weight is 391 g/mol. The lowest BCUT2D eigenvalue weighted by molar-refractivity contribution is -0.148. The molecule has 0 heterocycles. The standard InChI is InChI=1S/C27H34O2/c1-18(28)29-21-13-15-26(2)20(17-21)9-10-22-24-12-11-23(19-7-5-4-6-8-19)27(24,3)16-14-25(22)26/h4-9,11,21-22,24-25H,10,12-17H2,1-3H3/t21-,22?,24?,25?,26-,27+/m0/s1. The van der Waals surface area contributed by atoms with Gasteiger partial charge < -0.3 is 4.74 Å². The molecule has 6 atom stereocenters. The molecule has 0 amide bonds. The lowest BCUT2D eigenvalue weighted by Crippen LogP contribution is -2.50. The second kappa shape index (κ2) is 6.86. The Hall–Kier alpha value is -1.83. The number of hydrogen-bond acceptors (Lipinski definition) is 2. The molecule has 2 fully saturated rings. The van der Waals surface area contributed by atoms with Gasteiger partial charge in [0, 0.05) is 13.3 Å². The van der Waals surface area contributed by atoms with E-state index in [2.05, 4.69) is 56.3 Å². The molecule has 2 heteroatoms. The van der Waals surface area contributed by atoms with Gasteiger partial charge in [0.15, 0.2) is 0 Å². The summed E-state index contributed by atoms with van der Waals surface area (Å²) in [6.07, 6.45) is 13.4. The minimum absolute atomic E-state index is 0.0926. The number of esters is 1. The minimum Gasteiger partial charge on any atom is -0.462 e. The van der Waals surface area contributed by atoms with Crippen molar-refractivity contribution >= 4 is 11.5 Å². The first kappa shape index (κ1) is 19.2. The van der Waals surface area contributed by atoms with Crippen LogP contribution in [0.25, 0.3) is 5.57 Å². The van der Waals surface area contributed by atoms with Crippen molar-refractivity contribution in [3.63, 3.8) is 0 Å². The lowest BCUT2D eigenvalue weighted by atomic mass is 9.47. The van der Waals surface area contributed by atoms with Gasteiger partial charge in [0.1, 0.15) is 6.10 Å². The summed E-state index contributed by atoms with van der Waals surface area (Å²) in [6, 6.07) is 11.1. The molecule has 0 spiro atoms. The molecule has 1 aromatic rings. The molecule has 0 N–H and O–H groups in total. The van der Waals surface area contributed by atoms with Crippen LogP contribution in [0.15, 0.2) is 48.1 Å². The number of carbonyl (C=O) groups is 1. The molecule has 29 heavy (non-hydrogen) atoms. The van der Waals surface area contributed by atoms with Crippen molar-refractivity contribution in [2.24, 2.45) is 28.6 Å². The maximum absolute atomic E-state index is 11.4. The maximum atomic E-state index is 11.4. The zero-order valence-electron chi connectivity index (χ0n) is 18.1. The Morgan fingerprint density at radius 3 is 2.48 bits per heavy atom. The predicted octanol–water partition coefficient (Wildman–Crippen LogP) is 6.57. The Bertz CT molecular complexity index is 866. The van der Waals surface area contributed by atoms with E-state index in [-0.39, 0.29) is 12.1 Å². The van der Waals surface area contributed by atoms with E-state index in [4.69, 9.17) is 4.74 Å². The summed E-state index contributed by atoms with van der Waals surface area (Å²) in [5.41, 5.74) is 5.22. The number of benzene rings is 1. The average Bonchev–Trinajstić information content (AvgIpc) is 3.06. The fraction of sp³-hybridized carbons (Fsp3) is 0.593. The fourth-order valence-electron chi connectivity index (χ4n) is 7.60. The van der Waals surface area contributed by atoms with Crippen LogP contribution in [-0.4, -0.2) is 12.1 Å². The molecule has 0 saturated heterocycles. The lowest BCUT2D eigenvalue weighted by Gasteiger charge is -2.57. The van der Waals surface area contributed by atoms with E-state index in [1.807, 2.05) is 0 Å². The zero-order valence-corrected chi connectivity index (χ0v) is 18.1. The first-order chi connectivity index (χ1) is 13.9. The number of rotatable bonds is 2. The van der Waals surface area contributed by atoms with Crippen LogP contribution < -0.4 is 0 Å². The van der Waals surface area contributed by atoms with Crippen LogP contribution >= 0.6 is 0 Å². The van der Waals surface area contributed by atoms with Crippen LogP contribution in [0.2, 0.25) is 0 Å². The quantitative estimate of drug-likeness (QED) is 0.421. The molecular weight excluding hydrogens is 356 g/mol. The van der Waals surface area contributed by atoms with Crippen LogP contribution in [0, 0.1) is 28.6 Å². The molecule has 154 valence electrons. The maximum Gasteiger partial charge on any atom is 0.302 e. The molecule has 1 aromatic carbocycles. The van der Waals surface area contributed by atoms with Gasteiger partial charge in [-0.25, -0.2) is 0 Å². The highest BCUT2D eigenvalue weighted by molar-refractivity contribution is 5.73. The van der Waals surface area contributed by atoms with E-state index >= 15 is 0 Å². The van der Waals surface area contributed by atoms with Gasteiger partial charge in [-0.2, -0.15) is 0 Å². The number of fused-ring (bicyclic) bond motifs is 5. The van der Waals surface area contributed by atoms with E-state index in [9.17, 15) is 4.79 Å². The highest BCUT2D eigenvalue weighted by Gasteiger charge is 2.56. The zero-order chi connectivity index (χ0) is 20.2. The first-order valence-corrected chi connectivity index (χ1v) is 11.5. The van der Waals surface area contributed by atoms with Crippen LogP contribution in [0.4, 0.5) is 0 Å². The molecular formula is C27H34O2. The Morgan fingerprint density at radius 2 is 1.72 bits per heavy atom. The molecule has 4 aliphatic rings. The van der Waals surface area contributed by atoms with Gasteiger partial charge in [-0.15, -0.1) is 0 Å². The Morgan fingerprint density at radius 1 is 0.966 bits per heavy atom. The molecule has 0 bridgehead atoms. The van der Waals surface area contributed by atoms with Crippen LogP contribution in [0.1, 0.15) is 71.3 Å². The summed E-state index contributed by atoms with van der Waals surface area (Å²) < 4.78 is 5.58. The topological polar surface area (TPSA) is 26.3 Å².